The molecule has 4 saturated carbocycles. The average Bonchev–Trinajstić information content (AvgIpc) is 3.06. The van der Waals surface area contributed by atoms with Crippen LogP contribution in [0, 0.1) is 28.6 Å². The standard InChI is InChI=1S/C27H40N2O4/c1-16(28)24(31)29-19-8-11-25(2)18(14-19)5-6-22-21(25)9-12-26(3)20(10-13-27(22,26)32)17-4-7-23(30)33-15-17/h4,7,15-16,18-22,32H,5-6,8-14,28H2,1-3H3,(H,29,31)/t16-,18+,19-,20+,21-,22+,25-,26+,27-/m0/s1. The van der Waals surface area contributed by atoms with E-state index in [-0.39, 0.29) is 34.3 Å². The smallest absolute Gasteiger partial charge is 0.335 e. The van der Waals surface area contributed by atoms with Gasteiger partial charge in [0.25, 0.3) is 0 Å². The molecule has 1 heterocycles. The second kappa shape index (κ2) is 7.94. The molecule has 0 saturated heterocycles. The third kappa shape index (κ3) is 3.43. The van der Waals surface area contributed by atoms with Gasteiger partial charge in [0.1, 0.15) is 0 Å². The lowest BCUT2D eigenvalue weighted by Crippen LogP contribution is -2.62. The largest absolute Gasteiger partial charge is 0.431 e. The molecule has 4 aliphatic rings. The van der Waals surface area contributed by atoms with E-state index in [0.717, 1.165) is 63.4 Å². The first-order valence-corrected chi connectivity index (χ1v) is 13.0. The SMILES string of the molecule is C[C@H](N)C(=O)N[C@H]1CC[C@@]2(C)[C@H](CC[C@@H]3[C@@H]2CC[C@]2(C)[C@@H](c4ccc(=O)oc4)CC[C@]32O)C1. The summed E-state index contributed by atoms with van der Waals surface area (Å²) in [6.07, 6.45) is 10.8. The van der Waals surface area contributed by atoms with Gasteiger partial charge in [-0.1, -0.05) is 13.8 Å². The maximum absolute atomic E-state index is 12.3. The second-order valence-corrected chi connectivity index (χ2v) is 12.1. The first-order chi connectivity index (χ1) is 15.6. The van der Waals surface area contributed by atoms with Crippen molar-refractivity contribution in [2.24, 2.45) is 34.3 Å². The Hall–Kier alpha value is -1.66. The highest BCUT2D eigenvalue weighted by Crippen LogP contribution is 2.70. The molecule has 0 radical (unpaired) electrons. The van der Waals surface area contributed by atoms with Crippen molar-refractivity contribution in [3.8, 4) is 0 Å². The van der Waals surface area contributed by atoms with Crippen LogP contribution in [0.3, 0.4) is 0 Å². The van der Waals surface area contributed by atoms with E-state index in [2.05, 4.69) is 19.2 Å². The number of nitrogens with two attached hydrogens (primary N) is 1. The van der Waals surface area contributed by atoms with Crippen LogP contribution in [0.2, 0.25) is 0 Å². The lowest BCUT2D eigenvalue weighted by atomic mass is 9.43. The van der Waals surface area contributed by atoms with Gasteiger partial charge in [-0.15, -0.1) is 0 Å². The molecular formula is C27H40N2O4. The van der Waals surface area contributed by atoms with Crippen molar-refractivity contribution in [1.29, 1.82) is 0 Å². The highest BCUT2D eigenvalue weighted by molar-refractivity contribution is 5.81. The summed E-state index contributed by atoms with van der Waals surface area (Å²) >= 11 is 0. The van der Waals surface area contributed by atoms with Gasteiger partial charge in [-0.3, -0.25) is 4.79 Å². The number of hydrogen-bond acceptors (Lipinski definition) is 5. The number of amides is 1. The number of carbonyl (C=O) groups excluding carboxylic acids is 1. The molecule has 33 heavy (non-hydrogen) atoms. The van der Waals surface area contributed by atoms with E-state index in [1.54, 1.807) is 13.2 Å². The third-order valence-corrected chi connectivity index (χ3v) is 10.7. The molecule has 0 aliphatic heterocycles. The number of nitrogens with one attached hydrogen (secondary N) is 1. The zero-order chi connectivity index (χ0) is 23.6. The van der Waals surface area contributed by atoms with Crippen LogP contribution >= 0.6 is 0 Å². The molecule has 0 bridgehead atoms. The fourth-order valence-electron chi connectivity index (χ4n) is 8.79. The van der Waals surface area contributed by atoms with Crippen molar-refractivity contribution < 1.29 is 14.3 Å². The maximum Gasteiger partial charge on any atom is 0.335 e. The predicted octanol–water partition coefficient (Wildman–Crippen LogP) is 3.71. The molecule has 1 aromatic heterocycles. The average molecular weight is 457 g/mol. The Balaban J connectivity index is 1.37. The number of hydrogen-bond donors (Lipinski definition) is 3. The van der Waals surface area contributed by atoms with Gasteiger partial charge in [-0.25, -0.2) is 4.79 Å². The van der Waals surface area contributed by atoms with Crippen molar-refractivity contribution in [2.45, 2.75) is 102 Å². The number of carbonyl (C=O) groups is 1. The van der Waals surface area contributed by atoms with Crippen molar-refractivity contribution in [2.75, 3.05) is 0 Å². The zero-order valence-corrected chi connectivity index (χ0v) is 20.3. The number of aliphatic hydroxyl groups is 1. The van der Waals surface area contributed by atoms with Crippen LogP contribution in [-0.4, -0.2) is 28.7 Å². The van der Waals surface area contributed by atoms with Crippen molar-refractivity contribution in [3.63, 3.8) is 0 Å². The Labute approximate surface area is 196 Å². The molecule has 1 aromatic rings. The summed E-state index contributed by atoms with van der Waals surface area (Å²) in [6.45, 7) is 6.48. The molecule has 5 rings (SSSR count). The maximum atomic E-state index is 12.3. The van der Waals surface area contributed by atoms with Crippen LogP contribution in [0.1, 0.15) is 90.0 Å². The Morgan fingerprint density at radius 3 is 2.61 bits per heavy atom. The van der Waals surface area contributed by atoms with Gasteiger partial charge in [0.15, 0.2) is 0 Å². The van der Waals surface area contributed by atoms with E-state index in [1.807, 2.05) is 6.07 Å². The minimum Gasteiger partial charge on any atom is -0.431 e. The van der Waals surface area contributed by atoms with Crippen molar-refractivity contribution >= 4 is 5.91 Å². The van der Waals surface area contributed by atoms with E-state index < -0.39 is 11.6 Å². The van der Waals surface area contributed by atoms with E-state index in [4.69, 9.17) is 10.2 Å². The summed E-state index contributed by atoms with van der Waals surface area (Å²) in [5, 5.41) is 15.5. The monoisotopic (exact) mass is 456 g/mol. The van der Waals surface area contributed by atoms with E-state index in [9.17, 15) is 14.7 Å². The van der Waals surface area contributed by atoms with Gasteiger partial charge in [-0.2, -0.15) is 0 Å². The molecule has 0 spiro atoms. The molecule has 4 fully saturated rings. The molecule has 9 atom stereocenters. The molecule has 6 nitrogen and oxygen atoms in total. The second-order valence-electron chi connectivity index (χ2n) is 12.1. The first-order valence-electron chi connectivity index (χ1n) is 13.0. The highest BCUT2D eigenvalue weighted by atomic mass is 16.4. The van der Waals surface area contributed by atoms with Crippen molar-refractivity contribution in [3.05, 3.63) is 34.4 Å². The van der Waals surface area contributed by atoms with E-state index in [1.165, 1.54) is 6.07 Å². The number of rotatable bonds is 3. The zero-order valence-electron chi connectivity index (χ0n) is 20.3. The minimum absolute atomic E-state index is 0.0474. The van der Waals surface area contributed by atoms with Crippen LogP contribution in [0.5, 0.6) is 0 Å². The first kappa shape index (κ1) is 23.1. The van der Waals surface area contributed by atoms with Crippen LogP contribution in [-0.2, 0) is 4.79 Å². The molecule has 4 aliphatic carbocycles. The fraction of sp³-hybridized carbons (Fsp3) is 0.778. The molecule has 4 N–H and O–H groups in total. The van der Waals surface area contributed by atoms with Crippen LogP contribution < -0.4 is 16.7 Å². The normalized spacial score (nSPS) is 45.4. The van der Waals surface area contributed by atoms with Gasteiger partial charge >= 0.3 is 5.63 Å². The van der Waals surface area contributed by atoms with Crippen LogP contribution in [0.4, 0.5) is 0 Å². The summed E-state index contributed by atoms with van der Waals surface area (Å²) in [5.74, 6) is 1.59. The quantitative estimate of drug-likeness (QED) is 0.643. The number of fused-ring (bicyclic) bond motifs is 5. The fourth-order valence-corrected chi connectivity index (χ4v) is 8.79. The predicted molar refractivity (Wildman–Crippen MR) is 126 cm³/mol. The van der Waals surface area contributed by atoms with E-state index in [0.29, 0.717) is 17.8 Å². The molecular weight excluding hydrogens is 416 g/mol. The van der Waals surface area contributed by atoms with Gasteiger partial charge in [0.05, 0.1) is 17.9 Å². The Morgan fingerprint density at radius 1 is 1.12 bits per heavy atom. The summed E-state index contributed by atoms with van der Waals surface area (Å²) in [4.78, 5) is 23.6. The molecule has 1 amide bonds. The van der Waals surface area contributed by atoms with Crippen LogP contribution in [0.25, 0.3) is 0 Å². The van der Waals surface area contributed by atoms with Gasteiger partial charge in [0, 0.05) is 17.5 Å². The van der Waals surface area contributed by atoms with Gasteiger partial charge in [0.2, 0.25) is 5.91 Å². The lowest BCUT2D eigenvalue weighted by molar-refractivity contribution is -0.202. The van der Waals surface area contributed by atoms with Gasteiger partial charge in [-0.05, 0) is 105 Å². The Bertz CT molecular complexity index is 955. The lowest BCUT2D eigenvalue weighted by Gasteiger charge is -2.63. The topological polar surface area (TPSA) is 106 Å². The summed E-state index contributed by atoms with van der Waals surface area (Å²) in [5.41, 5.74) is 5.85. The Kier molecular flexibility index (Phi) is 5.56. The molecule has 0 unspecified atom stereocenters. The molecule has 6 heteroatoms. The summed E-state index contributed by atoms with van der Waals surface area (Å²) in [7, 11) is 0. The van der Waals surface area contributed by atoms with Crippen LogP contribution in [0.15, 0.2) is 27.6 Å². The van der Waals surface area contributed by atoms with E-state index >= 15 is 0 Å². The molecule has 0 aromatic carbocycles. The third-order valence-electron chi connectivity index (χ3n) is 10.7. The minimum atomic E-state index is -0.676. The van der Waals surface area contributed by atoms with Crippen molar-refractivity contribution in [1.82, 2.24) is 5.32 Å². The Morgan fingerprint density at radius 2 is 1.91 bits per heavy atom. The summed E-state index contributed by atoms with van der Waals surface area (Å²) in [6, 6.07) is 3.16. The van der Waals surface area contributed by atoms with Gasteiger partial charge < -0.3 is 20.6 Å². The highest BCUT2D eigenvalue weighted by Gasteiger charge is 2.67. The summed E-state index contributed by atoms with van der Waals surface area (Å²) < 4.78 is 5.20. The molecule has 182 valence electrons.